The van der Waals surface area contributed by atoms with Crippen molar-refractivity contribution < 1.29 is 4.79 Å². The Hall–Kier alpha value is -0.280. The monoisotopic (exact) mass is 180 g/mol. The van der Waals surface area contributed by atoms with Crippen molar-refractivity contribution in [1.82, 2.24) is 5.32 Å². The van der Waals surface area contributed by atoms with E-state index in [-0.39, 0.29) is 24.4 Å². The van der Waals surface area contributed by atoms with Gasteiger partial charge >= 0.3 is 0 Å². The molecular weight excluding hydrogens is 164 g/mol. The first kappa shape index (κ1) is 13.3. The van der Waals surface area contributed by atoms with Gasteiger partial charge in [-0.2, -0.15) is 0 Å². The van der Waals surface area contributed by atoms with Gasteiger partial charge in [0.2, 0.25) is 5.91 Å². The van der Waals surface area contributed by atoms with Crippen molar-refractivity contribution in [2.24, 2.45) is 11.7 Å². The quantitative estimate of drug-likeness (QED) is 0.663. The molecule has 0 bridgehead atoms. The normalized spacial score (nSPS) is 12.4. The minimum atomic E-state index is -0.267. The summed E-state index contributed by atoms with van der Waals surface area (Å²) in [4.78, 5) is 10.6. The minimum Gasteiger partial charge on any atom is -0.368 e. The number of rotatable bonds is 4. The van der Waals surface area contributed by atoms with Crippen LogP contribution in [-0.2, 0) is 4.79 Å². The lowest BCUT2D eigenvalue weighted by Gasteiger charge is -2.13. The smallest absolute Gasteiger partial charge is 0.234 e. The lowest BCUT2D eigenvalue weighted by Crippen LogP contribution is -2.39. The molecule has 11 heavy (non-hydrogen) atoms. The topological polar surface area (TPSA) is 55.1 Å². The Labute approximate surface area is 74.1 Å². The van der Waals surface area contributed by atoms with Crippen LogP contribution in [0, 0.1) is 5.92 Å². The van der Waals surface area contributed by atoms with Gasteiger partial charge in [0.05, 0.1) is 6.04 Å². The molecule has 0 rings (SSSR count). The van der Waals surface area contributed by atoms with Crippen molar-refractivity contribution >= 4 is 18.3 Å². The summed E-state index contributed by atoms with van der Waals surface area (Å²) in [5, 5.41) is 2.86. The van der Waals surface area contributed by atoms with Crippen LogP contribution in [0.3, 0.4) is 0 Å². The molecule has 0 saturated heterocycles. The van der Waals surface area contributed by atoms with E-state index in [1.165, 1.54) is 0 Å². The van der Waals surface area contributed by atoms with Crippen LogP contribution < -0.4 is 11.1 Å². The predicted octanol–water partition coefficient (Wildman–Crippen LogP) is 0.528. The van der Waals surface area contributed by atoms with E-state index in [1.54, 1.807) is 7.05 Å². The van der Waals surface area contributed by atoms with E-state index in [1.807, 2.05) is 0 Å². The molecule has 0 heterocycles. The molecule has 1 amide bonds. The summed E-state index contributed by atoms with van der Waals surface area (Å²) in [6, 6.07) is -0.167. The molecule has 4 heteroatoms. The van der Waals surface area contributed by atoms with Gasteiger partial charge in [0.1, 0.15) is 0 Å². The van der Waals surface area contributed by atoms with Gasteiger partial charge in [-0.05, 0) is 19.4 Å². The fourth-order valence-corrected chi connectivity index (χ4v) is 0.848. The number of carbonyl (C=O) groups excluding carboxylic acids is 1. The van der Waals surface area contributed by atoms with Crippen molar-refractivity contribution in [2.45, 2.75) is 26.3 Å². The summed E-state index contributed by atoms with van der Waals surface area (Å²) in [6.07, 6.45) is 0.811. The molecule has 0 fully saturated rings. The third kappa shape index (κ3) is 6.13. The van der Waals surface area contributed by atoms with Gasteiger partial charge in [0.25, 0.3) is 0 Å². The maximum Gasteiger partial charge on any atom is 0.234 e. The Balaban J connectivity index is 0. The zero-order chi connectivity index (χ0) is 8.15. The number of carbonyl (C=O) groups is 1. The second-order valence-electron chi connectivity index (χ2n) is 2.87. The van der Waals surface area contributed by atoms with Gasteiger partial charge < -0.3 is 11.1 Å². The summed E-state index contributed by atoms with van der Waals surface area (Å²) in [6.45, 7) is 4.13. The number of amides is 1. The number of hydrogen-bond donors (Lipinski definition) is 2. The Morgan fingerprint density at radius 3 is 2.09 bits per heavy atom. The second kappa shape index (κ2) is 6.43. The van der Waals surface area contributed by atoms with Crippen molar-refractivity contribution in [3.63, 3.8) is 0 Å². The molecular formula is C7H17ClN2O. The zero-order valence-corrected chi connectivity index (χ0v) is 8.07. The summed E-state index contributed by atoms with van der Waals surface area (Å²) < 4.78 is 0. The fraction of sp³-hybridized carbons (Fsp3) is 0.857. The van der Waals surface area contributed by atoms with Crippen molar-refractivity contribution in [3.8, 4) is 0 Å². The number of primary amides is 1. The minimum absolute atomic E-state index is 0. The lowest BCUT2D eigenvalue weighted by atomic mass is 10.0. The summed E-state index contributed by atoms with van der Waals surface area (Å²) in [7, 11) is 1.75. The first-order valence-corrected chi connectivity index (χ1v) is 3.54. The first-order chi connectivity index (χ1) is 4.57. The standard InChI is InChI=1S/C7H16N2O.ClH/c1-5(2)4-6(9-3)7(8)10;/h5-6,9H,4H2,1-3H3,(H2,8,10);1H/t6-;/m0./s1. The average molecular weight is 181 g/mol. The number of nitrogens with one attached hydrogen (secondary N) is 1. The van der Waals surface area contributed by atoms with Gasteiger partial charge in [-0.15, -0.1) is 12.4 Å². The van der Waals surface area contributed by atoms with Gasteiger partial charge in [-0.25, -0.2) is 0 Å². The molecule has 68 valence electrons. The Kier molecular flexibility index (Phi) is 7.79. The summed E-state index contributed by atoms with van der Waals surface area (Å²) in [5.41, 5.74) is 5.09. The summed E-state index contributed by atoms with van der Waals surface area (Å²) >= 11 is 0. The Morgan fingerprint density at radius 1 is 1.55 bits per heavy atom. The second-order valence-corrected chi connectivity index (χ2v) is 2.87. The van der Waals surface area contributed by atoms with E-state index in [0.29, 0.717) is 5.92 Å². The zero-order valence-electron chi connectivity index (χ0n) is 7.26. The maximum atomic E-state index is 10.6. The third-order valence-corrected chi connectivity index (χ3v) is 1.40. The molecule has 0 aromatic carbocycles. The van der Waals surface area contributed by atoms with Gasteiger partial charge in [-0.3, -0.25) is 4.79 Å². The van der Waals surface area contributed by atoms with E-state index in [9.17, 15) is 4.79 Å². The van der Waals surface area contributed by atoms with E-state index < -0.39 is 0 Å². The van der Waals surface area contributed by atoms with Crippen LogP contribution in [-0.4, -0.2) is 19.0 Å². The molecule has 0 radical (unpaired) electrons. The highest BCUT2D eigenvalue weighted by Gasteiger charge is 2.13. The summed E-state index contributed by atoms with van der Waals surface area (Å²) in [5.74, 6) is 0.237. The number of halogens is 1. The van der Waals surface area contributed by atoms with Gasteiger partial charge in [0, 0.05) is 0 Å². The Bertz CT molecular complexity index is 117. The van der Waals surface area contributed by atoms with E-state index in [0.717, 1.165) is 6.42 Å². The predicted molar refractivity (Wildman–Crippen MR) is 48.7 cm³/mol. The van der Waals surface area contributed by atoms with Crippen LogP contribution in [0.15, 0.2) is 0 Å². The van der Waals surface area contributed by atoms with E-state index in [2.05, 4.69) is 19.2 Å². The third-order valence-electron chi connectivity index (χ3n) is 1.40. The van der Waals surface area contributed by atoms with Gasteiger partial charge in [0.15, 0.2) is 0 Å². The highest BCUT2D eigenvalue weighted by atomic mass is 35.5. The molecule has 0 aliphatic rings. The highest BCUT2D eigenvalue weighted by molar-refractivity contribution is 5.85. The maximum absolute atomic E-state index is 10.6. The molecule has 0 aliphatic heterocycles. The Morgan fingerprint density at radius 2 is 2.00 bits per heavy atom. The number of nitrogens with two attached hydrogens (primary N) is 1. The SMILES string of the molecule is CN[C@@H](CC(C)C)C(N)=O.Cl. The van der Waals surface area contributed by atoms with Gasteiger partial charge in [-0.1, -0.05) is 13.8 Å². The number of hydrogen-bond acceptors (Lipinski definition) is 2. The van der Waals surface area contributed by atoms with E-state index in [4.69, 9.17) is 5.73 Å². The van der Waals surface area contributed by atoms with Crippen LogP contribution in [0.4, 0.5) is 0 Å². The highest BCUT2D eigenvalue weighted by Crippen LogP contribution is 2.02. The molecule has 0 aromatic rings. The molecule has 0 unspecified atom stereocenters. The molecule has 0 aliphatic carbocycles. The first-order valence-electron chi connectivity index (χ1n) is 3.54. The molecule has 3 nitrogen and oxygen atoms in total. The molecule has 0 saturated carbocycles. The van der Waals surface area contributed by atoms with Crippen molar-refractivity contribution in [3.05, 3.63) is 0 Å². The lowest BCUT2D eigenvalue weighted by molar-refractivity contribution is -0.120. The van der Waals surface area contributed by atoms with Crippen molar-refractivity contribution in [2.75, 3.05) is 7.05 Å². The molecule has 3 N–H and O–H groups in total. The van der Waals surface area contributed by atoms with E-state index >= 15 is 0 Å². The van der Waals surface area contributed by atoms with Crippen LogP contribution in [0.5, 0.6) is 0 Å². The van der Waals surface area contributed by atoms with Crippen LogP contribution in [0.2, 0.25) is 0 Å². The van der Waals surface area contributed by atoms with Crippen LogP contribution >= 0.6 is 12.4 Å². The fourth-order valence-electron chi connectivity index (χ4n) is 0.848. The average Bonchev–Trinajstić information content (AvgIpc) is 1.81. The molecule has 0 aromatic heterocycles. The van der Waals surface area contributed by atoms with Crippen LogP contribution in [0.1, 0.15) is 20.3 Å². The largest absolute Gasteiger partial charge is 0.368 e. The number of likely N-dealkylation sites (N-methyl/N-ethyl adjacent to an activating group) is 1. The molecule has 1 atom stereocenters. The van der Waals surface area contributed by atoms with Crippen LogP contribution in [0.25, 0.3) is 0 Å². The van der Waals surface area contributed by atoms with Crippen molar-refractivity contribution in [1.29, 1.82) is 0 Å². The molecule has 0 spiro atoms.